The molecule has 5 heteroatoms. The third-order valence-corrected chi connectivity index (χ3v) is 1.76. The van der Waals surface area contributed by atoms with Gasteiger partial charge in [-0.3, -0.25) is 0 Å². The molecule has 0 radical (unpaired) electrons. The van der Waals surface area contributed by atoms with Gasteiger partial charge in [0.05, 0.1) is 0 Å². The SMILES string of the molecule is NC1CCCC(N)C1.[Cl][Pt][Cl]. The normalized spacial score (nSPS) is 30.9. The van der Waals surface area contributed by atoms with Gasteiger partial charge in [-0.15, -0.1) is 0 Å². The second-order valence-corrected chi connectivity index (χ2v) is 6.01. The third-order valence-electron chi connectivity index (χ3n) is 1.76. The quantitative estimate of drug-likeness (QED) is 0.671. The minimum atomic E-state index is -0.472. The molecule has 0 bridgehead atoms. The molecule has 0 aliphatic heterocycles. The van der Waals surface area contributed by atoms with Gasteiger partial charge in [0.25, 0.3) is 0 Å². The molecule has 0 spiro atoms. The topological polar surface area (TPSA) is 52.0 Å². The van der Waals surface area contributed by atoms with E-state index in [9.17, 15) is 0 Å². The fraction of sp³-hybridized carbons (Fsp3) is 1.00. The summed E-state index contributed by atoms with van der Waals surface area (Å²) in [6, 6.07) is 0.775. The molecular weight excluding hydrogens is 366 g/mol. The van der Waals surface area contributed by atoms with E-state index in [2.05, 4.69) is 0 Å². The maximum absolute atomic E-state index is 5.65. The van der Waals surface area contributed by atoms with Crippen molar-refractivity contribution in [1.29, 1.82) is 0 Å². The van der Waals surface area contributed by atoms with Crippen LogP contribution in [0, 0.1) is 0 Å². The molecule has 2 nitrogen and oxygen atoms in total. The van der Waals surface area contributed by atoms with Gasteiger partial charge in [-0.05, 0) is 19.3 Å². The van der Waals surface area contributed by atoms with Crippen molar-refractivity contribution < 1.29 is 16.5 Å². The molecule has 0 aromatic rings. The van der Waals surface area contributed by atoms with E-state index >= 15 is 0 Å². The first-order valence-corrected chi connectivity index (χ1v) is 9.17. The first-order chi connectivity index (χ1) is 5.20. The van der Waals surface area contributed by atoms with Crippen molar-refractivity contribution in [3.8, 4) is 0 Å². The molecule has 0 amide bonds. The molecule has 1 aliphatic carbocycles. The van der Waals surface area contributed by atoms with Crippen molar-refractivity contribution in [3.05, 3.63) is 0 Å². The molecule has 0 aromatic heterocycles. The summed E-state index contributed by atoms with van der Waals surface area (Å²) < 4.78 is 0. The van der Waals surface area contributed by atoms with Crippen molar-refractivity contribution in [2.45, 2.75) is 37.8 Å². The summed E-state index contributed by atoms with van der Waals surface area (Å²) in [5.41, 5.74) is 11.3. The van der Waals surface area contributed by atoms with Crippen molar-refractivity contribution in [3.63, 3.8) is 0 Å². The molecule has 2 unspecified atom stereocenters. The fourth-order valence-electron chi connectivity index (χ4n) is 1.27. The Kier molecular flexibility index (Phi) is 8.66. The molecule has 0 saturated heterocycles. The van der Waals surface area contributed by atoms with E-state index in [1.807, 2.05) is 0 Å². The molecule has 0 aromatic carbocycles. The van der Waals surface area contributed by atoms with Crippen molar-refractivity contribution >= 4 is 18.8 Å². The van der Waals surface area contributed by atoms with Gasteiger partial charge in [0.15, 0.2) is 0 Å². The van der Waals surface area contributed by atoms with E-state index in [1.54, 1.807) is 0 Å². The van der Waals surface area contributed by atoms with Crippen LogP contribution in [0.4, 0.5) is 0 Å². The van der Waals surface area contributed by atoms with Crippen LogP contribution < -0.4 is 11.5 Å². The average molecular weight is 380 g/mol. The van der Waals surface area contributed by atoms with Crippen molar-refractivity contribution in [2.75, 3.05) is 0 Å². The van der Waals surface area contributed by atoms with Crippen molar-refractivity contribution in [2.24, 2.45) is 11.5 Å². The summed E-state index contributed by atoms with van der Waals surface area (Å²) >= 11 is -0.472. The van der Waals surface area contributed by atoms with E-state index < -0.39 is 16.5 Å². The van der Waals surface area contributed by atoms with E-state index in [4.69, 9.17) is 30.3 Å². The molecule has 4 N–H and O–H groups in total. The minimum absolute atomic E-state index is 0.388. The zero-order chi connectivity index (χ0) is 8.69. The van der Waals surface area contributed by atoms with Crippen LogP contribution in [0.3, 0.4) is 0 Å². The van der Waals surface area contributed by atoms with Gasteiger partial charge in [-0.2, -0.15) is 0 Å². The summed E-state index contributed by atoms with van der Waals surface area (Å²) in [4.78, 5) is 0. The van der Waals surface area contributed by atoms with Crippen LogP contribution in [0.5, 0.6) is 0 Å². The molecule has 0 heterocycles. The van der Waals surface area contributed by atoms with Gasteiger partial charge in [0.2, 0.25) is 0 Å². The van der Waals surface area contributed by atoms with Crippen molar-refractivity contribution in [1.82, 2.24) is 0 Å². The Morgan fingerprint density at radius 1 is 1.09 bits per heavy atom. The standard InChI is InChI=1S/C6H14N2.2ClH.Pt/c7-5-2-1-3-6(8)4-5;;;/h5-6H,1-4,7-8H2;2*1H;/q;;;+2/p-2. The molecular formula is C6H14Cl2N2Pt. The second kappa shape index (κ2) is 7.82. The molecule has 1 fully saturated rings. The monoisotopic (exact) mass is 379 g/mol. The van der Waals surface area contributed by atoms with E-state index in [-0.39, 0.29) is 0 Å². The van der Waals surface area contributed by atoms with Crippen LogP contribution in [0.15, 0.2) is 0 Å². The Balaban J connectivity index is 0.000000292. The van der Waals surface area contributed by atoms with Crippen LogP contribution in [-0.4, -0.2) is 12.1 Å². The molecule has 72 valence electrons. The number of halogens is 2. The number of nitrogens with two attached hydrogens (primary N) is 2. The van der Waals surface area contributed by atoms with E-state index in [0.717, 1.165) is 6.42 Å². The molecule has 1 saturated carbocycles. The summed E-state index contributed by atoms with van der Waals surface area (Å²) in [7, 11) is 9.75. The third kappa shape index (κ3) is 7.55. The summed E-state index contributed by atoms with van der Waals surface area (Å²) in [6.45, 7) is 0. The summed E-state index contributed by atoms with van der Waals surface area (Å²) in [6.07, 6.45) is 4.60. The van der Waals surface area contributed by atoms with Gasteiger partial charge in [0.1, 0.15) is 0 Å². The first kappa shape index (κ1) is 12.2. The van der Waals surface area contributed by atoms with Gasteiger partial charge in [0, 0.05) is 12.1 Å². The Hall–Kier alpha value is 1.19. The first-order valence-electron chi connectivity index (χ1n) is 3.54. The van der Waals surface area contributed by atoms with E-state index in [1.165, 1.54) is 19.3 Å². The summed E-state index contributed by atoms with van der Waals surface area (Å²) in [5.74, 6) is 0. The maximum atomic E-state index is 5.65. The van der Waals surface area contributed by atoms with E-state index in [0.29, 0.717) is 12.1 Å². The van der Waals surface area contributed by atoms with Crippen LogP contribution in [0.25, 0.3) is 0 Å². The Bertz CT molecular complexity index is 86.7. The number of hydrogen-bond acceptors (Lipinski definition) is 2. The van der Waals surface area contributed by atoms with Gasteiger partial charge in [-0.25, -0.2) is 0 Å². The van der Waals surface area contributed by atoms with Crippen LogP contribution in [0.1, 0.15) is 25.7 Å². The number of rotatable bonds is 0. The fourth-order valence-corrected chi connectivity index (χ4v) is 1.27. The Morgan fingerprint density at radius 3 is 1.64 bits per heavy atom. The molecule has 1 rings (SSSR count). The van der Waals surface area contributed by atoms with Gasteiger partial charge in [-0.1, -0.05) is 6.42 Å². The molecule has 1 aliphatic rings. The van der Waals surface area contributed by atoms with Crippen LogP contribution in [0.2, 0.25) is 0 Å². The average Bonchev–Trinajstić information content (AvgIpc) is 1.88. The summed E-state index contributed by atoms with van der Waals surface area (Å²) in [5, 5.41) is 0. The zero-order valence-corrected chi connectivity index (χ0v) is 9.99. The van der Waals surface area contributed by atoms with Crippen LogP contribution in [-0.2, 0) is 16.5 Å². The molecule has 2 atom stereocenters. The Labute approximate surface area is 84.4 Å². The predicted molar refractivity (Wildman–Crippen MR) is 46.1 cm³/mol. The molecule has 11 heavy (non-hydrogen) atoms. The van der Waals surface area contributed by atoms with Gasteiger partial charge < -0.3 is 11.5 Å². The zero-order valence-electron chi connectivity index (χ0n) is 6.21. The van der Waals surface area contributed by atoms with Gasteiger partial charge >= 0.3 is 35.3 Å². The predicted octanol–water partition coefficient (Wildman–Crippen LogP) is 1.59. The van der Waals surface area contributed by atoms with Crippen LogP contribution >= 0.6 is 18.8 Å². The second-order valence-electron chi connectivity index (χ2n) is 2.73. The Morgan fingerprint density at radius 2 is 1.45 bits per heavy atom. The number of hydrogen-bond donors (Lipinski definition) is 2.